The Balaban J connectivity index is 1.51. The van der Waals surface area contributed by atoms with E-state index >= 15 is 0 Å². The molecule has 1 unspecified atom stereocenters. The van der Waals surface area contributed by atoms with Crippen LogP contribution in [0.2, 0.25) is 0 Å². The van der Waals surface area contributed by atoms with E-state index in [2.05, 4.69) is 17.6 Å². The molecule has 2 aromatic rings. The van der Waals surface area contributed by atoms with E-state index in [0.717, 1.165) is 38.1 Å². The number of ether oxygens (including phenoxy) is 1. The number of carbonyl (C=O) groups is 2. The van der Waals surface area contributed by atoms with Crippen LogP contribution in [0.4, 0.5) is 5.69 Å². The lowest BCUT2D eigenvalue weighted by Gasteiger charge is -2.26. The van der Waals surface area contributed by atoms with Gasteiger partial charge in [0.1, 0.15) is 5.75 Å². The van der Waals surface area contributed by atoms with E-state index in [4.69, 9.17) is 17.0 Å². The highest BCUT2D eigenvalue weighted by atomic mass is 32.1. The number of nitrogens with one attached hydrogen (secondary N) is 2. The predicted octanol–water partition coefficient (Wildman–Crippen LogP) is 4.62. The number of amides is 2. The average molecular weight is 440 g/mol. The maximum atomic E-state index is 12.5. The van der Waals surface area contributed by atoms with Gasteiger partial charge in [-0.1, -0.05) is 6.92 Å². The zero-order chi connectivity index (χ0) is 22.2. The van der Waals surface area contributed by atoms with E-state index in [1.807, 2.05) is 11.8 Å². The molecule has 6 nitrogen and oxygen atoms in total. The zero-order valence-corrected chi connectivity index (χ0v) is 18.8. The molecule has 1 aliphatic heterocycles. The summed E-state index contributed by atoms with van der Waals surface area (Å²) in [6.07, 6.45) is 4.35. The summed E-state index contributed by atoms with van der Waals surface area (Å²) in [4.78, 5) is 26.9. The summed E-state index contributed by atoms with van der Waals surface area (Å²) in [5, 5.41) is 5.85. The van der Waals surface area contributed by atoms with Gasteiger partial charge in [-0.2, -0.15) is 0 Å². The van der Waals surface area contributed by atoms with Crippen LogP contribution in [0.5, 0.6) is 5.75 Å². The van der Waals surface area contributed by atoms with Gasteiger partial charge in [-0.15, -0.1) is 0 Å². The summed E-state index contributed by atoms with van der Waals surface area (Å²) in [7, 11) is 0. The third-order valence-electron chi connectivity index (χ3n) is 5.29. The van der Waals surface area contributed by atoms with Gasteiger partial charge in [-0.3, -0.25) is 14.9 Å². The maximum absolute atomic E-state index is 12.5. The Bertz CT molecular complexity index is 907. The Morgan fingerprint density at radius 2 is 1.61 bits per heavy atom. The molecule has 0 aliphatic carbocycles. The molecule has 0 radical (unpaired) electrons. The molecule has 1 saturated heterocycles. The van der Waals surface area contributed by atoms with E-state index in [-0.39, 0.29) is 23.0 Å². The van der Waals surface area contributed by atoms with Crippen molar-refractivity contribution in [1.82, 2.24) is 10.2 Å². The van der Waals surface area contributed by atoms with Gasteiger partial charge in [0.25, 0.3) is 11.8 Å². The Morgan fingerprint density at radius 1 is 1.00 bits per heavy atom. The molecule has 3 rings (SSSR count). The lowest BCUT2D eigenvalue weighted by atomic mass is 10.1. The molecule has 164 valence electrons. The van der Waals surface area contributed by atoms with E-state index in [9.17, 15) is 9.59 Å². The molecule has 31 heavy (non-hydrogen) atoms. The van der Waals surface area contributed by atoms with Crippen molar-refractivity contribution in [1.29, 1.82) is 0 Å². The number of rotatable bonds is 6. The number of nitrogens with zero attached hydrogens (tertiary/aromatic N) is 1. The summed E-state index contributed by atoms with van der Waals surface area (Å²) < 4.78 is 5.73. The smallest absolute Gasteiger partial charge is 0.257 e. The highest BCUT2D eigenvalue weighted by molar-refractivity contribution is 7.80. The predicted molar refractivity (Wildman–Crippen MR) is 127 cm³/mol. The Kier molecular flexibility index (Phi) is 8.00. The first kappa shape index (κ1) is 22.7. The highest BCUT2D eigenvalue weighted by Gasteiger charge is 2.18. The van der Waals surface area contributed by atoms with Crippen molar-refractivity contribution in [2.75, 3.05) is 18.4 Å². The van der Waals surface area contributed by atoms with E-state index in [0.29, 0.717) is 16.8 Å². The monoisotopic (exact) mass is 439 g/mol. The van der Waals surface area contributed by atoms with Crippen LogP contribution >= 0.6 is 12.2 Å². The normalized spacial score (nSPS) is 14.5. The average Bonchev–Trinajstić information content (AvgIpc) is 2.80. The minimum atomic E-state index is -0.301. The molecular formula is C24H29N3O3S. The van der Waals surface area contributed by atoms with Crippen LogP contribution < -0.4 is 15.4 Å². The van der Waals surface area contributed by atoms with Crippen molar-refractivity contribution in [3.05, 3.63) is 59.7 Å². The Hall–Kier alpha value is -2.93. The second-order valence-electron chi connectivity index (χ2n) is 7.70. The molecule has 2 amide bonds. The quantitative estimate of drug-likeness (QED) is 0.643. The SMILES string of the molecule is CCC(C)Oc1ccc(C(=O)NC(=S)Nc2ccc(C(=O)N3CCCCC3)cc2)cc1. The summed E-state index contributed by atoms with van der Waals surface area (Å²) in [6, 6.07) is 14.1. The van der Waals surface area contributed by atoms with E-state index < -0.39 is 0 Å². The van der Waals surface area contributed by atoms with Crippen LogP contribution in [-0.4, -0.2) is 41.0 Å². The minimum Gasteiger partial charge on any atom is -0.491 e. The molecular weight excluding hydrogens is 410 g/mol. The van der Waals surface area contributed by atoms with Crippen LogP contribution in [-0.2, 0) is 0 Å². The molecule has 2 aromatic carbocycles. The molecule has 1 aliphatic rings. The molecule has 1 heterocycles. The minimum absolute atomic E-state index is 0.0582. The number of benzene rings is 2. The molecule has 0 aromatic heterocycles. The van der Waals surface area contributed by atoms with Crippen molar-refractivity contribution in [2.24, 2.45) is 0 Å². The standard InChI is InChI=1S/C24H29N3O3S/c1-3-17(2)30-21-13-9-18(10-14-21)22(28)26-24(31)25-20-11-7-19(8-12-20)23(29)27-15-5-4-6-16-27/h7-14,17H,3-6,15-16H2,1-2H3,(H2,25,26,28,31). The molecule has 0 spiro atoms. The third kappa shape index (κ3) is 6.52. The zero-order valence-electron chi connectivity index (χ0n) is 18.0. The number of anilines is 1. The largest absolute Gasteiger partial charge is 0.491 e. The van der Waals surface area contributed by atoms with Crippen LogP contribution in [0.25, 0.3) is 0 Å². The molecule has 0 saturated carbocycles. The summed E-state index contributed by atoms with van der Waals surface area (Å²) in [5.74, 6) is 0.484. The topological polar surface area (TPSA) is 70.7 Å². The number of carbonyl (C=O) groups excluding carboxylic acids is 2. The first-order valence-electron chi connectivity index (χ1n) is 10.7. The second kappa shape index (κ2) is 10.9. The molecule has 7 heteroatoms. The number of likely N-dealkylation sites (tertiary alicyclic amines) is 1. The number of hydrogen-bond donors (Lipinski definition) is 2. The molecule has 1 fully saturated rings. The van der Waals surface area contributed by atoms with Crippen molar-refractivity contribution < 1.29 is 14.3 Å². The highest BCUT2D eigenvalue weighted by Crippen LogP contribution is 2.17. The second-order valence-corrected chi connectivity index (χ2v) is 8.11. The van der Waals surface area contributed by atoms with Crippen LogP contribution in [0.1, 0.15) is 60.2 Å². The van der Waals surface area contributed by atoms with Gasteiger partial charge in [0.05, 0.1) is 6.10 Å². The van der Waals surface area contributed by atoms with Gasteiger partial charge in [0, 0.05) is 29.9 Å². The summed E-state index contributed by atoms with van der Waals surface area (Å²) >= 11 is 5.25. The maximum Gasteiger partial charge on any atom is 0.257 e. The first-order chi connectivity index (χ1) is 15.0. The van der Waals surface area contributed by atoms with E-state index in [1.54, 1.807) is 48.5 Å². The van der Waals surface area contributed by atoms with Crippen molar-refractivity contribution in [3.63, 3.8) is 0 Å². The third-order valence-corrected chi connectivity index (χ3v) is 5.49. The molecule has 1 atom stereocenters. The van der Waals surface area contributed by atoms with Gasteiger partial charge in [-0.25, -0.2) is 0 Å². The molecule has 2 N–H and O–H groups in total. The first-order valence-corrected chi connectivity index (χ1v) is 11.2. The van der Waals surface area contributed by atoms with Gasteiger partial charge >= 0.3 is 0 Å². The fraction of sp³-hybridized carbons (Fsp3) is 0.375. The number of piperidine rings is 1. The number of hydrogen-bond acceptors (Lipinski definition) is 4. The summed E-state index contributed by atoms with van der Waals surface area (Å²) in [5.41, 5.74) is 1.85. The fourth-order valence-corrected chi connectivity index (χ4v) is 3.52. The van der Waals surface area contributed by atoms with Gasteiger partial charge in [-0.05, 0) is 93.4 Å². The lowest BCUT2D eigenvalue weighted by molar-refractivity contribution is 0.0724. The van der Waals surface area contributed by atoms with Crippen LogP contribution in [0, 0.1) is 0 Å². The molecule has 0 bridgehead atoms. The Labute approximate surface area is 189 Å². The van der Waals surface area contributed by atoms with Crippen molar-refractivity contribution in [2.45, 2.75) is 45.6 Å². The van der Waals surface area contributed by atoms with E-state index in [1.165, 1.54) is 6.42 Å². The van der Waals surface area contributed by atoms with Crippen LogP contribution in [0.3, 0.4) is 0 Å². The van der Waals surface area contributed by atoms with Gasteiger partial charge < -0.3 is 15.0 Å². The van der Waals surface area contributed by atoms with Crippen molar-refractivity contribution in [3.8, 4) is 5.75 Å². The number of thiocarbonyl (C=S) groups is 1. The van der Waals surface area contributed by atoms with Gasteiger partial charge in [0.2, 0.25) is 0 Å². The lowest BCUT2D eigenvalue weighted by Crippen LogP contribution is -2.35. The fourth-order valence-electron chi connectivity index (χ4n) is 3.31. The van der Waals surface area contributed by atoms with Crippen molar-refractivity contribution >= 4 is 34.8 Å². The van der Waals surface area contributed by atoms with Gasteiger partial charge in [0.15, 0.2) is 5.11 Å². The van der Waals surface area contributed by atoms with Crippen LogP contribution in [0.15, 0.2) is 48.5 Å². The Morgan fingerprint density at radius 3 is 2.23 bits per heavy atom. The summed E-state index contributed by atoms with van der Waals surface area (Å²) in [6.45, 7) is 5.70.